The van der Waals surface area contributed by atoms with Crippen molar-refractivity contribution in [2.75, 3.05) is 12.4 Å². The van der Waals surface area contributed by atoms with Gasteiger partial charge in [-0.1, -0.05) is 58.9 Å². The summed E-state index contributed by atoms with van der Waals surface area (Å²) in [5, 5.41) is 11.6. The molecule has 0 atom stereocenters. The summed E-state index contributed by atoms with van der Waals surface area (Å²) in [6.45, 7) is 9.66. The second-order valence-electron chi connectivity index (χ2n) is 14.9. The monoisotopic (exact) mass is 846 g/mol. The normalized spacial score (nSPS) is 14.6. The number of alkyl halides is 17. The molecule has 4 rings (SSSR count). The number of ether oxygens (including phenoxy) is 1. The Labute approximate surface area is 312 Å². The smallest absolute Gasteiger partial charge is 0.460 e. The van der Waals surface area contributed by atoms with Crippen LogP contribution in [0.2, 0.25) is 0 Å². The second kappa shape index (κ2) is 13.8. The van der Waals surface area contributed by atoms with Crippen LogP contribution in [-0.2, 0) is 11.3 Å². The van der Waals surface area contributed by atoms with E-state index in [4.69, 9.17) is 4.74 Å². The Kier molecular flexibility index (Phi) is 10.9. The number of benzene rings is 3. The van der Waals surface area contributed by atoms with Crippen LogP contribution in [0, 0.1) is 5.41 Å². The van der Waals surface area contributed by atoms with Crippen LogP contribution in [-0.4, -0.2) is 63.8 Å². The van der Waals surface area contributed by atoms with Crippen LogP contribution in [0.4, 0.5) is 86.0 Å². The van der Waals surface area contributed by atoms with Gasteiger partial charge in [-0.2, -0.15) is 74.6 Å². The number of hydrogen-bond donors (Lipinski definition) is 1. The van der Waals surface area contributed by atoms with Crippen molar-refractivity contribution in [3.63, 3.8) is 0 Å². The highest BCUT2D eigenvalue weighted by molar-refractivity contribution is 5.76. The SMILES string of the molecule is COc1c(Nc2ccc(C(F)(F)C(F)(F)C(F)(F)C(F)(F)C(F)(F)C(F)(F)C(F)(F)C(F)(F)F)cc2)cc(C(C)(C)CC(C)(C)C)cc1-n1nc2ccccc2n1. The van der Waals surface area contributed by atoms with E-state index >= 15 is 8.78 Å². The molecule has 0 aliphatic carbocycles. The van der Waals surface area contributed by atoms with Crippen molar-refractivity contribution in [1.29, 1.82) is 0 Å². The molecule has 0 amide bonds. The van der Waals surface area contributed by atoms with Crippen molar-refractivity contribution in [3.05, 3.63) is 71.8 Å². The first kappa shape index (κ1) is 45.2. The fourth-order valence-corrected chi connectivity index (χ4v) is 6.12. The molecule has 22 heteroatoms. The van der Waals surface area contributed by atoms with Crippen LogP contribution >= 0.6 is 0 Å². The maximum atomic E-state index is 15.0. The Bertz CT molecular complexity index is 2050. The number of hydrogen-bond acceptors (Lipinski definition) is 4. The number of fused-ring (bicyclic) bond motifs is 1. The molecule has 0 radical (unpaired) electrons. The molecule has 0 bridgehead atoms. The topological polar surface area (TPSA) is 52.0 Å². The molecule has 1 heterocycles. The Morgan fingerprint density at radius 1 is 0.561 bits per heavy atom. The minimum atomic E-state index is -8.71. The van der Waals surface area contributed by atoms with Crippen LogP contribution in [0.5, 0.6) is 5.75 Å². The molecule has 5 nitrogen and oxygen atoms in total. The number of methoxy groups -OCH3 is 1. The molecule has 0 spiro atoms. The highest BCUT2D eigenvalue weighted by Crippen LogP contribution is 2.65. The number of anilines is 2. The largest absolute Gasteiger partial charge is 0.492 e. The van der Waals surface area contributed by atoms with Crippen LogP contribution in [0.15, 0.2) is 60.7 Å². The molecule has 0 aliphatic rings. The molecule has 57 heavy (non-hydrogen) atoms. The van der Waals surface area contributed by atoms with Gasteiger partial charge in [0.05, 0.1) is 12.8 Å². The summed E-state index contributed by atoms with van der Waals surface area (Å²) in [4.78, 5) is 1.22. The molecule has 4 aromatic rings. The van der Waals surface area contributed by atoms with E-state index in [-0.39, 0.29) is 40.4 Å². The summed E-state index contributed by atoms with van der Waals surface area (Å²) in [6, 6.07) is 10.8. The Hall–Kier alpha value is -4.53. The van der Waals surface area contributed by atoms with E-state index in [2.05, 4.69) is 15.5 Å². The molecule has 1 N–H and O–H groups in total. The highest BCUT2D eigenvalue weighted by atomic mass is 19.4. The van der Waals surface area contributed by atoms with Crippen molar-refractivity contribution in [2.24, 2.45) is 5.41 Å². The van der Waals surface area contributed by atoms with Crippen molar-refractivity contribution in [2.45, 2.75) is 94.1 Å². The Balaban J connectivity index is 1.78. The van der Waals surface area contributed by atoms with Gasteiger partial charge in [-0.05, 0) is 59.2 Å². The summed E-state index contributed by atoms with van der Waals surface area (Å²) in [5.74, 6) is -57.1. The zero-order valence-electron chi connectivity index (χ0n) is 30.2. The maximum absolute atomic E-state index is 15.0. The van der Waals surface area contributed by atoms with Gasteiger partial charge in [0.1, 0.15) is 16.7 Å². The van der Waals surface area contributed by atoms with Gasteiger partial charge in [-0.25, -0.2) is 0 Å². The molecule has 1 aromatic heterocycles. The lowest BCUT2D eigenvalue weighted by Crippen LogP contribution is -2.74. The van der Waals surface area contributed by atoms with Crippen LogP contribution < -0.4 is 10.1 Å². The summed E-state index contributed by atoms with van der Waals surface area (Å²) < 4.78 is 241. The van der Waals surface area contributed by atoms with Crippen LogP contribution in [0.3, 0.4) is 0 Å². The Morgan fingerprint density at radius 2 is 1.00 bits per heavy atom. The highest BCUT2D eigenvalue weighted by Gasteiger charge is 2.95. The minimum absolute atomic E-state index is 0.00209. The molecular formula is C35H31F17N4O. The summed E-state index contributed by atoms with van der Waals surface area (Å²) in [5.41, 5.74) is -1.73. The maximum Gasteiger partial charge on any atom is 0.460 e. The van der Waals surface area contributed by atoms with Crippen molar-refractivity contribution in [3.8, 4) is 11.4 Å². The van der Waals surface area contributed by atoms with E-state index in [1.54, 1.807) is 36.4 Å². The van der Waals surface area contributed by atoms with Crippen molar-refractivity contribution >= 4 is 22.4 Å². The van der Waals surface area contributed by atoms with Crippen LogP contribution in [0.1, 0.15) is 52.2 Å². The first-order valence-corrected chi connectivity index (χ1v) is 16.2. The van der Waals surface area contributed by atoms with Gasteiger partial charge >= 0.3 is 47.6 Å². The van der Waals surface area contributed by atoms with E-state index in [0.29, 0.717) is 35.2 Å². The summed E-state index contributed by atoms with van der Waals surface area (Å²) in [6.07, 6.45) is -7.26. The van der Waals surface area contributed by atoms with E-state index in [1.165, 1.54) is 11.9 Å². The van der Waals surface area contributed by atoms with Gasteiger partial charge in [-0.15, -0.1) is 15.0 Å². The molecule has 0 fully saturated rings. The lowest BCUT2D eigenvalue weighted by molar-refractivity contribution is -0.462. The number of aromatic nitrogens is 3. The number of rotatable bonds is 13. The van der Waals surface area contributed by atoms with Gasteiger partial charge in [-0.3, -0.25) is 0 Å². The second-order valence-corrected chi connectivity index (χ2v) is 14.9. The van der Waals surface area contributed by atoms with Crippen LogP contribution in [0.25, 0.3) is 16.7 Å². The van der Waals surface area contributed by atoms with E-state index in [9.17, 15) is 65.9 Å². The lowest BCUT2D eigenvalue weighted by Gasteiger charge is -2.42. The van der Waals surface area contributed by atoms with Gasteiger partial charge in [0.2, 0.25) is 0 Å². The van der Waals surface area contributed by atoms with Gasteiger partial charge in [0.15, 0.2) is 5.75 Å². The molecule has 0 saturated carbocycles. The molecule has 0 aliphatic heterocycles. The van der Waals surface area contributed by atoms with E-state index in [0.717, 1.165) is 0 Å². The average molecular weight is 847 g/mol. The molecule has 316 valence electrons. The third-order valence-corrected chi connectivity index (χ3v) is 8.78. The van der Waals surface area contributed by atoms with E-state index < -0.39 is 58.6 Å². The fraction of sp³-hybridized carbons (Fsp3) is 0.486. The van der Waals surface area contributed by atoms with Crippen molar-refractivity contribution in [1.82, 2.24) is 15.0 Å². The molecule has 3 aromatic carbocycles. The van der Waals surface area contributed by atoms with Crippen molar-refractivity contribution < 1.29 is 79.4 Å². The third-order valence-electron chi connectivity index (χ3n) is 8.78. The lowest BCUT2D eigenvalue weighted by atomic mass is 9.72. The van der Waals surface area contributed by atoms with Gasteiger partial charge in [0.25, 0.3) is 0 Å². The fourth-order valence-electron chi connectivity index (χ4n) is 6.12. The molecule has 0 unspecified atom stereocenters. The number of nitrogens with one attached hydrogen (secondary N) is 1. The first-order valence-electron chi connectivity index (χ1n) is 16.2. The van der Waals surface area contributed by atoms with E-state index in [1.807, 2.05) is 34.6 Å². The predicted molar refractivity (Wildman–Crippen MR) is 172 cm³/mol. The first-order chi connectivity index (χ1) is 25.5. The zero-order chi connectivity index (χ0) is 43.8. The molecular weight excluding hydrogens is 815 g/mol. The standard InChI is InChI=1S/C35H31F17N4O/c1-26(2,3)17-27(4,5)19-15-23(25(57-6)24(16-19)56-54-21-9-7-8-10-22(21)55-56)53-20-13-11-18(12-14-20)28(36,37)29(38,39)30(40,41)31(42,43)32(44,45)33(46,47)34(48,49)35(50,51)52/h7-16,53H,17H2,1-6H3. The summed E-state index contributed by atoms with van der Waals surface area (Å²) >= 11 is 0. The Morgan fingerprint density at radius 3 is 1.42 bits per heavy atom. The predicted octanol–water partition coefficient (Wildman–Crippen LogP) is 12.4. The average Bonchev–Trinajstić information content (AvgIpc) is 3.50. The minimum Gasteiger partial charge on any atom is -0.492 e. The summed E-state index contributed by atoms with van der Waals surface area (Å²) in [7, 11) is 1.22. The van der Waals surface area contributed by atoms with Gasteiger partial charge in [0, 0.05) is 11.3 Å². The van der Waals surface area contributed by atoms with Gasteiger partial charge < -0.3 is 10.1 Å². The molecule has 0 saturated heterocycles. The quantitative estimate of drug-likeness (QED) is 0.136. The zero-order valence-corrected chi connectivity index (χ0v) is 30.2. The number of halogens is 17. The third kappa shape index (κ3) is 7.29. The number of nitrogens with zero attached hydrogens (tertiary/aromatic N) is 3.